The van der Waals surface area contributed by atoms with Crippen molar-refractivity contribution in [1.29, 1.82) is 0 Å². The first-order chi connectivity index (χ1) is 11.8. The maximum atomic E-state index is 12.2. The monoisotopic (exact) mass is 345 g/mol. The van der Waals surface area contributed by atoms with Gasteiger partial charge in [0, 0.05) is 19.3 Å². The van der Waals surface area contributed by atoms with Crippen LogP contribution in [0.5, 0.6) is 5.75 Å². The number of rotatable bonds is 7. The third-order valence-corrected chi connectivity index (χ3v) is 3.83. The molecule has 25 heavy (non-hydrogen) atoms. The molecule has 1 aromatic heterocycles. The highest BCUT2D eigenvalue weighted by molar-refractivity contribution is 5.92. The fourth-order valence-electron chi connectivity index (χ4n) is 2.57. The van der Waals surface area contributed by atoms with Crippen molar-refractivity contribution in [2.24, 2.45) is 7.05 Å². The Labute approximate surface area is 148 Å². The maximum Gasteiger partial charge on any atom is 0.271 e. The number of nitrogens with one attached hydrogen (secondary N) is 1. The molecule has 1 heterocycles. The Bertz CT molecular complexity index is 705. The van der Waals surface area contributed by atoms with Crippen molar-refractivity contribution in [3.05, 3.63) is 47.3 Å². The molecule has 1 unspecified atom stereocenters. The first-order valence-corrected chi connectivity index (χ1v) is 8.54. The van der Waals surface area contributed by atoms with E-state index in [0.717, 1.165) is 17.0 Å². The molecule has 0 aliphatic rings. The van der Waals surface area contributed by atoms with Gasteiger partial charge in [0.1, 0.15) is 11.4 Å². The van der Waals surface area contributed by atoms with E-state index in [9.17, 15) is 9.90 Å². The molecule has 136 valence electrons. The van der Waals surface area contributed by atoms with E-state index < -0.39 is 6.10 Å². The van der Waals surface area contributed by atoms with E-state index in [0.29, 0.717) is 5.69 Å². The van der Waals surface area contributed by atoms with Gasteiger partial charge in [0.25, 0.3) is 5.91 Å². The van der Waals surface area contributed by atoms with Crippen LogP contribution in [0, 0.1) is 0 Å². The maximum absolute atomic E-state index is 12.2. The van der Waals surface area contributed by atoms with Gasteiger partial charge < -0.3 is 15.2 Å². The second-order valence-electron chi connectivity index (χ2n) is 6.69. The molecule has 0 radical (unpaired) electrons. The number of aliphatic hydroxyl groups excluding tert-OH is 1. The molecular formula is C19H27N3O3. The van der Waals surface area contributed by atoms with Crippen molar-refractivity contribution in [3.63, 3.8) is 0 Å². The molecule has 0 saturated carbocycles. The van der Waals surface area contributed by atoms with Gasteiger partial charge in [-0.1, -0.05) is 26.0 Å². The fraction of sp³-hybridized carbons (Fsp3) is 0.474. The van der Waals surface area contributed by atoms with E-state index in [1.54, 1.807) is 22.9 Å². The highest BCUT2D eigenvalue weighted by atomic mass is 16.5. The molecule has 2 N–H and O–H groups in total. The highest BCUT2D eigenvalue weighted by Gasteiger charge is 2.16. The molecule has 0 aliphatic carbocycles. The number of hydrogen-bond donors (Lipinski definition) is 2. The van der Waals surface area contributed by atoms with Crippen LogP contribution >= 0.6 is 0 Å². The van der Waals surface area contributed by atoms with E-state index in [-0.39, 0.29) is 24.5 Å². The molecule has 0 saturated heterocycles. The predicted octanol–water partition coefficient (Wildman–Crippen LogP) is 2.79. The minimum Gasteiger partial charge on any atom is -0.491 e. The SMILES string of the molecule is CC(C)Oc1ccc(C(O)CNC(=O)c2cc(C(C)C)n(C)n2)cc1. The lowest BCUT2D eigenvalue weighted by atomic mass is 10.1. The Kier molecular flexibility index (Phi) is 6.20. The van der Waals surface area contributed by atoms with Gasteiger partial charge in [-0.15, -0.1) is 0 Å². The molecule has 0 spiro atoms. The minimum absolute atomic E-state index is 0.101. The predicted molar refractivity (Wildman–Crippen MR) is 96.8 cm³/mol. The van der Waals surface area contributed by atoms with Crippen molar-refractivity contribution in [1.82, 2.24) is 15.1 Å². The number of hydrogen-bond acceptors (Lipinski definition) is 4. The summed E-state index contributed by atoms with van der Waals surface area (Å²) in [6, 6.07) is 9.00. The number of nitrogens with zero attached hydrogens (tertiary/aromatic N) is 2. The first kappa shape index (κ1) is 19.0. The Morgan fingerprint density at radius 3 is 2.40 bits per heavy atom. The van der Waals surface area contributed by atoms with E-state index in [4.69, 9.17) is 4.74 Å². The Morgan fingerprint density at radius 1 is 1.24 bits per heavy atom. The van der Waals surface area contributed by atoms with Crippen LogP contribution < -0.4 is 10.1 Å². The normalized spacial score (nSPS) is 12.5. The van der Waals surface area contributed by atoms with Crippen molar-refractivity contribution in [2.75, 3.05) is 6.54 Å². The number of aromatic nitrogens is 2. The van der Waals surface area contributed by atoms with Crippen molar-refractivity contribution in [3.8, 4) is 5.75 Å². The van der Waals surface area contributed by atoms with Crippen LogP contribution in [0.3, 0.4) is 0 Å². The zero-order valence-electron chi connectivity index (χ0n) is 15.5. The summed E-state index contributed by atoms with van der Waals surface area (Å²) < 4.78 is 7.29. The molecule has 2 aromatic rings. The fourth-order valence-corrected chi connectivity index (χ4v) is 2.57. The summed E-state index contributed by atoms with van der Waals surface area (Å²) in [6.45, 7) is 8.14. The summed E-state index contributed by atoms with van der Waals surface area (Å²) in [7, 11) is 1.82. The molecule has 0 aliphatic heterocycles. The zero-order valence-corrected chi connectivity index (χ0v) is 15.5. The van der Waals surface area contributed by atoms with Crippen LogP contribution in [0.4, 0.5) is 0 Å². The number of aryl methyl sites for hydroxylation is 1. The number of aliphatic hydroxyl groups is 1. The third-order valence-electron chi connectivity index (χ3n) is 3.83. The summed E-state index contributed by atoms with van der Waals surface area (Å²) >= 11 is 0. The smallest absolute Gasteiger partial charge is 0.271 e. The Morgan fingerprint density at radius 2 is 1.88 bits per heavy atom. The summed E-state index contributed by atoms with van der Waals surface area (Å²) in [5.41, 5.74) is 2.07. The van der Waals surface area contributed by atoms with Crippen molar-refractivity contribution in [2.45, 2.75) is 45.8 Å². The highest BCUT2D eigenvalue weighted by Crippen LogP contribution is 2.19. The Balaban J connectivity index is 1.93. The topological polar surface area (TPSA) is 76.4 Å². The van der Waals surface area contributed by atoms with Gasteiger partial charge in [-0.2, -0.15) is 5.10 Å². The van der Waals surface area contributed by atoms with E-state index >= 15 is 0 Å². The van der Waals surface area contributed by atoms with Gasteiger partial charge >= 0.3 is 0 Å². The molecule has 2 rings (SSSR count). The van der Waals surface area contributed by atoms with Crippen LogP contribution in [0.2, 0.25) is 0 Å². The second-order valence-corrected chi connectivity index (χ2v) is 6.69. The van der Waals surface area contributed by atoms with Gasteiger partial charge in [0.2, 0.25) is 0 Å². The summed E-state index contributed by atoms with van der Waals surface area (Å²) in [6.07, 6.45) is -0.686. The number of amides is 1. The molecule has 1 aromatic carbocycles. The minimum atomic E-state index is -0.787. The first-order valence-electron chi connectivity index (χ1n) is 8.54. The molecule has 0 bridgehead atoms. The van der Waals surface area contributed by atoms with Gasteiger partial charge in [-0.05, 0) is 43.5 Å². The molecule has 1 atom stereocenters. The third kappa shape index (κ3) is 5.06. The lowest BCUT2D eigenvalue weighted by molar-refractivity contribution is 0.0910. The number of carbonyl (C=O) groups is 1. The standard InChI is InChI=1S/C19H27N3O3/c1-12(2)17-10-16(21-22(17)5)19(24)20-11-18(23)14-6-8-15(9-7-14)25-13(3)4/h6-10,12-13,18,23H,11H2,1-5H3,(H,20,24). The van der Waals surface area contributed by atoms with Gasteiger partial charge in [-0.25, -0.2) is 0 Å². The summed E-state index contributed by atoms with van der Waals surface area (Å²) in [4.78, 5) is 12.2. The van der Waals surface area contributed by atoms with Crippen LogP contribution in [0.25, 0.3) is 0 Å². The van der Waals surface area contributed by atoms with E-state index in [1.807, 2.05) is 33.0 Å². The average molecular weight is 345 g/mol. The molecule has 0 fully saturated rings. The summed E-state index contributed by atoms with van der Waals surface area (Å²) in [5, 5.41) is 17.2. The summed E-state index contributed by atoms with van der Waals surface area (Å²) in [5.74, 6) is 0.752. The quantitative estimate of drug-likeness (QED) is 0.809. The Hall–Kier alpha value is -2.34. The molecular weight excluding hydrogens is 318 g/mol. The van der Waals surface area contributed by atoms with E-state index in [1.165, 1.54) is 0 Å². The zero-order chi connectivity index (χ0) is 18.6. The van der Waals surface area contributed by atoms with Crippen molar-refractivity contribution < 1.29 is 14.6 Å². The van der Waals surface area contributed by atoms with Crippen LogP contribution in [0.15, 0.2) is 30.3 Å². The average Bonchev–Trinajstić information content (AvgIpc) is 2.94. The van der Waals surface area contributed by atoms with E-state index in [2.05, 4.69) is 24.3 Å². The second kappa shape index (κ2) is 8.16. The number of carbonyl (C=O) groups excluding carboxylic acids is 1. The molecule has 6 heteroatoms. The number of benzene rings is 1. The van der Waals surface area contributed by atoms with Crippen LogP contribution in [-0.2, 0) is 7.05 Å². The molecule has 6 nitrogen and oxygen atoms in total. The van der Waals surface area contributed by atoms with Gasteiger partial charge in [0.15, 0.2) is 0 Å². The lowest BCUT2D eigenvalue weighted by Crippen LogP contribution is -2.28. The largest absolute Gasteiger partial charge is 0.491 e. The van der Waals surface area contributed by atoms with Crippen molar-refractivity contribution >= 4 is 5.91 Å². The van der Waals surface area contributed by atoms with Crippen LogP contribution in [0.1, 0.15) is 61.5 Å². The lowest BCUT2D eigenvalue weighted by Gasteiger charge is -2.14. The van der Waals surface area contributed by atoms with Gasteiger partial charge in [-0.3, -0.25) is 9.48 Å². The molecule has 1 amide bonds. The van der Waals surface area contributed by atoms with Crippen LogP contribution in [-0.4, -0.2) is 33.4 Å². The van der Waals surface area contributed by atoms with Gasteiger partial charge in [0.05, 0.1) is 12.2 Å². The number of ether oxygens (including phenoxy) is 1.